The molecule has 1 saturated heterocycles. The van der Waals surface area contributed by atoms with Crippen LogP contribution in [0.2, 0.25) is 0 Å². The first kappa shape index (κ1) is 17.3. The molecule has 2 aliphatic rings. The van der Waals surface area contributed by atoms with E-state index in [9.17, 15) is 4.79 Å². The molecule has 28 heavy (non-hydrogen) atoms. The Morgan fingerprint density at radius 3 is 2.82 bits per heavy atom. The highest BCUT2D eigenvalue weighted by Crippen LogP contribution is 2.36. The van der Waals surface area contributed by atoms with Crippen molar-refractivity contribution in [3.63, 3.8) is 0 Å². The molecule has 1 atom stereocenters. The quantitative estimate of drug-likeness (QED) is 0.734. The van der Waals surface area contributed by atoms with E-state index >= 15 is 0 Å². The van der Waals surface area contributed by atoms with E-state index < -0.39 is 0 Å². The van der Waals surface area contributed by atoms with Crippen molar-refractivity contribution < 1.29 is 9.53 Å². The summed E-state index contributed by atoms with van der Waals surface area (Å²) >= 11 is 0. The van der Waals surface area contributed by atoms with Crippen molar-refractivity contribution in [2.45, 2.75) is 31.3 Å². The Hall–Kier alpha value is -2.76. The molecular formula is C23H23N3O2. The molecule has 0 saturated carbocycles. The van der Waals surface area contributed by atoms with Crippen LogP contribution in [-0.4, -0.2) is 30.1 Å². The number of hydrogen-bond acceptors (Lipinski definition) is 4. The van der Waals surface area contributed by atoms with Crippen molar-refractivity contribution in [2.24, 2.45) is 0 Å². The molecule has 1 unspecified atom stereocenters. The molecule has 1 amide bonds. The maximum Gasteiger partial charge on any atom is 0.238 e. The molecule has 2 aromatic carbocycles. The number of carbonyl (C=O) groups is 1. The lowest BCUT2D eigenvalue weighted by molar-refractivity contribution is -0.116. The number of carbonyl (C=O) groups excluding carboxylic acids is 1. The van der Waals surface area contributed by atoms with E-state index in [0.717, 1.165) is 60.4 Å². The van der Waals surface area contributed by atoms with Gasteiger partial charge < -0.3 is 15.4 Å². The van der Waals surface area contributed by atoms with Gasteiger partial charge in [-0.3, -0.25) is 9.78 Å². The third-order valence-corrected chi connectivity index (χ3v) is 5.68. The zero-order valence-corrected chi connectivity index (χ0v) is 15.7. The number of fused-ring (bicyclic) bond motifs is 2. The Bertz CT molecular complexity index is 1030. The number of pyridine rings is 1. The molecule has 5 heteroatoms. The topological polar surface area (TPSA) is 63.2 Å². The second-order valence-corrected chi connectivity index (χ2v) is 7.54. The molecule has 1 aromatic heterocycles. The first-order valence-corrected chi connectivity index (χ1v) is 9.88. The molecule has 0 spiro atoms. The van der Waals surface area contributed by atoms with Crippen LogP contribution in [0.25, 0.3) is 10.9 Å². The fraction of sp³-hybridized carbons (Fsp3) is 0.304. The third-order valence-electron chi connectivity index (χ3n) is 5.68. The maximum atomic E-state index is 12.5. The van der Waals surface area contributed by atoms with E-state index in [1.54, 1.807) is 0 Å². The van der Waals surface area contributed by atoms with Gasteiger partial charge in [-0.2, -0.15) is 0 Å². The Morgan fingerprint density at radius 2 is 1.93 bits per heavy atom. The van der Waals surface area contributed by atoms with Crippen molar-refractivity contribution >= 4 is 22.5 Å². The standard InChI is InChI=1S/C23H23N3O2/c27-23-22(18-3-1-2-4-20(18)26-23)21-8-6-16-13-15(5-7-19(16)25-21)14-24-17-9-11-28-12-10-17/h1-8,13,17,22,24H,9-12,14H2,(H,26,27). The van der Waals surface area contributed by atoms with Gasteiger partial charge in [-0.05, 0) is 48.2 Å². The van der Waals surface area contributed by atoms with Crippen LogP contribution in [0.5, 0.6) is 0 Å². The second kappa shape index (κ2) is 7.34. The lowest BCUT2D eigenvalue weighted by atomic mass is 9.96. The highest BCUT2D eigenvalue weighted by atomic mass is 16.5. The number of amides is 1. The van der Waals surface area contributed by atoms with Crippen LogP contribution >= 0.6 is 0 Å². The molecule has 3 heterocycles. The minimum absolute atomic E-state index is 0.00895. The molecule has 5 rings (SSSR count). The SMILES string of the molecule is O=C1Nc2ccccc2C1c1ccc2cc(CNC3CCOCC3)ccc2n1. The molecule has 0 aliphatic carbocycles. The van der Waals surface area contributed by atoms with Crippen LogP contribution in [0.15, 0.2) is 54.6 Å². The third kappa shape index (κ3) is 3.28. The van der Waals surface area contributed by atoms with Crippen LogP contribution in [0, 0.1) is 0 Å². The van der Waals surface area contributed by atoms with E-state index in [2.05, 4.69) is 34.9 Å². The van der Waals surface area contributed by atoms with Gasteiger partial charge in [0.1, 0.15) is 5.92 Å². The Morgan fingerprint density at radius 1 is 1.07 bits per heavy atom. The zero-order valence-electron chi connectivity index (χ0n) is 15.7. The van der Waals surface area contributed by atoms with Crippen LogP contribution in [0.4, 0.5) is 5.69 Å². The monoisotopic (exact) mass is 373 g/mol. The molecule has 2 aliphatic heterocycles. The lowest BCUT2D eigenvalue weighted by Gasteiger charge is -2.23. The number of nitrogens with one attached hydrogen (secondary N) is 2. The van der Waals surface area contributed by atoms with Gasteiger partial charge in [-0.15, -0.1) is 0 Å². The normalized spacial score (nSPS) is 19.6. The maximum absolute atomic E-state index is 12.5. The van der Waals surface area contributed by atoms with Gasteiger partial charge in [0.15, 0.2) is 0 Å². The first-order chi connectivity index (χ1) is 13.8. The fourth-order valence-corrected chi connectivity index (χ4v) is 4.13. The van der Waals surface area contributed by atoms with Gasteiger partial charge in [0, 0.05) is 36.9 Å². The summed E-state index contributed by atoms with van der Waals surface area (Å²) in [6.45, 7) is 2.54. The molecule has 0 bridgehead atoms. The molecule has 3 aromatic rings. The average molecular weight is 373 g/mol. The number of hydrogen-bond donors (Lipinski definition) is 2. The number of para-hydroxylation sites is 1. The molecule has 5 nitrogen and oxygen atoms in total. The van der Waals surface area contributed by atoms with Crippen LogP contribution in [0.1, 0.15) is 35.6 Å². The summed E-state index contributed by atoms with van der Waals surface area (Å²) in [5, 5.41) is 7.68. The summed E-state index contributed by atoms with van der Waals surface area (Å²) in [6.07, 6.45) is 2.15. The minimum Gasteiger partial charge on any atom is -0.381 e. The summed E-state index contributed by atoms with van der Waals surface area (Å²) in [6, 6.07) is 18.8. The van der Waals surface area contributed by atoms with Gasteiger partial charge in [0.25, 0.3) is 0 Å². The minimum atomic E-state index is -0.338. The van der Waals surface area contributed by atoms with Crippen molar-refractivity contribution in [3.8, 4) is 0 Å². The average Bonchev–Trinajstić information content (AvgIpc) is 3.08. The zero-order chi connectivity index (χ0) is 18.9. The lowest BCUT2D eigenvalue weighted by Crippen LogP contribution is -2.34. The fourth-order valence-electron chi connectivity index (χ4n) is 4.13. The molecule has 0 radical (unpaired) electrons. The smallest absolute Gasteiger partial charge is 0.238 e. The number of anilines is 1. The first-order valence-electron chi connectivity index (χ1n) is 9.88. The summed E-state index contributed by atoms with van der Waals surface area (Å²) in [5.41, 5.74) is 4.84. The van der Waals surface area contributed by atoms with Crippen molar-refractivity contribution in [1.29, 1.82) is 0 Å². The summed E-state index contributed by atoms with van der Waals surface area (Å²) < 4.78 is 5.42. The largest absolute Gasteiger partial charge is 0.381 e. The highest BCUT2D eigenvalue weighted by molar-refractivity contribution is 6.05. The number of rotatable bonds is 4. The number of benzene rings is 2. The molecule has 142 valence electrons. The summed E-state index contributed by atoms with van der Waals surface area (Å²) in [5.74, 6) is -0.346. The van der Waals surface area contributed by atoms with Gasteiger partial charge in [0.2, 0.25) is 5.91 Å². The number of aromatic nitrogens is 1. The van der Waals surface area contributed by atoms with Gasteiger partial charge in [-0.25, -0.2) is 0 Å². The highest BCUT2D eigenvalue weighted by Gasteiger charge is 2.32. The predicted octanol–water partition coefficient (Wildman–Crippen LogP) is 3.59. The molecule has 2 N–H and O–H groups in total. The van der Waals surface area contributed by atoms with E-state index in [1.165, 1.54) is 5.56 Å². The van der Waals surface area contributed by atoms with Crippen LogP contribution in [0.3, 0.4) is 0 Å². The Balaban J connectivity index is 1.38. The van der Waals surface area contributed by atoms with Crippen molar-refractivity contribution in [1.82, 2.24) is 10.3 Å². The van der Waals surface area contributed by atoms with Crippen LogP contribution < -0.4 is 10.6 Å². The van der Waals surface area contributed by atoms with E-state index in [1.807, 2.05) is 30.3 Å². The Kier molecular flexibility index (Phi) is 4.55. The van der Waals surface area contributed by atoms with E-state index in [-0.39, 0.29) is 11.8 Å². The van der Waals surface area contributed by atoms with Crippen LogP contribution in [-0.2, 0) is 16.1 Å². The summed E-state index contributed by atoms with van der Waals surface area (Å²) in [4.78, 5) is 17.3. The molecule has 1 fully saturated rings. The van der Waals surface area contributed by atoms with Crippen molar-refractivity contribution in [2.75, 3.05) is 18.5 Å². The van der Waals surface area contributed by atoms with Gasteiger partial charge in [0.05, 0.1) is 11.2 Å². The van der Waals surface area contributed by atoms with Gasteiger partial charge in [-0.1, -0.05) is 30.3 Å². The van der Waals surface area contributed by atoms with E-state index in [4.69, 9.17) is 9.72 Å². The van der Waals surface area contributed by atoms with Crippen molar-refractivity contribution in [3.05, 3.63) is 71.4 Å². The predicted molar refractivity (Wildman–Crippen MR) is 109 cm³/mol. The number of nitrogens with zero attached hydrogens (tertiary/aromatic N) is 1. The van der Waals surface area contributed by atoms with Gasteiger partial charge >= 0.3 is 0 Å². The Labute approximate surface area is 164 Å². The number of ether oxygens (including phenoxy) is 1. The molecular weight excluding hydrogens is 350 g/mol. The van der Waals surface area contributed by atoms with E-state index in [0.29, 0.717) is 6.04 Å². The second-order valence-electron chi connectivity index (χ2n) is 7.54. The summed E-state index contributed by atoms with van der Waals surface area (Å²) in [7, 11) is 0.